The lowest BCUT2D eigenvalue weighted by Gasteiger charge is -2.58. The molecule has 3 heteroatoms. The molecular weight excluding hydrogens is 376 g/mol. The molecule has 136 valence electrons. The smallest absolute Gasteiger partial charge is 0.155 e. The van der Waals surface area contributed by atoms with Crippen LogP contribution in [0, 0.1) is 40.9 Å². The fourth-order valence-corrected chi connectivity index (χ4v) is 8.49. The van der Waals surface area contributed by atoms with Crippen LogP contribution in [0.25, 0.3) is 0 Å². The first-order valence-electron chi connectivity index (χ1n) is 10.3. The molecule has 5 aliphatic carbocycles. The first kappa shape index (κ1) is 16.7. The molecule has 0 aromatic heterocycles. The maximum absolute atomic E-state index is 11.9. The van der Waals surface area contributed by atoms with E-state index in [1.54, 1.807) is 0 Å². The highest BCUT2D eigenvalue weighted by atomic mass is 79.9. The Kier molecular flexibility index (Phi) is 3.71. The molecule has 0 saturated heterocycles. The van der Waals surface area contributed by atoms with Crippen LogP contribution in [-0.4, -0.2) is 16.5 Å². The summed E-state index contributed by atoms with van der Waals surface area (Å²) in [6.45, 7) is 2.30. The van der Waals surface area contributed by atoms with Gasteiger partial charge in [0.2, 0.25) is 0 Å². The van der Waals surface area contributed by atoms with Crippen LogP contribution in [0.4, 0.5) is 0 Å². The molecule has 0 unspecified atom stereocenters. The summed E-state index contributed by atoms with van der Waals surface area (Å²) >= 11 is 3.45. The number of halogens is 1. The average molecular weight is 405 g/mol. The number of fused-ring (bicyclic) bond motifs is 7. The van der Waals surface area contributed by atoms with E-state index >= 15 is 0 Å². The number of hydrogen-bond donors (Lipinski definition) is 1. The minimum Gasteiger partial charge on any atom is -0.385 e. The minimum absolute atomic E-state index is 0.0811. The fourth-order valence-electron chi connectivity index (χ4n) is 8.09. The lowest BCUT2D eigenvalue weighted by molar-refractivity contribution is -0.127. The summed E-state index contributed by atoms with van der Waals surface area (Å²) in [6, 6.07) is 0. The van der Waals surface area contributed by atoms with Crippen molar-refractivity contribution in [2.75, 3.05) is 0 Å². The van der Waals surface area contributed by atoms with E-state index in [-0.39, 0.29) is 5.41 Å². The van der Waals surface area contributed by atoms with E-state index in [1.165, 1.54) is 24.8 Å². The number of allylic oxidation sites excluding steroid dienone is 1. The number of carbonyl (C=O) groups is 1. The van der Waals surface area contributed by atoms with Gasteiger partial charge in [-0.2, -0.15) is 0 Å². The van der Waals surface area contributed by atoms with Crippen molar-refractivity contribution in [2.45, 2.75) is 63.9 Å². The first-order chi connectivity index (χ1) is 12.1. The van der Waals surface area contributed by atoms with Gasteiger partial charge in [0.15, 0.2) is 5.78 Å². The second-order valence-electron chi connectivity index (χ2n) is 9.40. The number of hydrogen-bond acceptors (Lipinski definition) is 2. The zero-order chi connectivity index (χ0) is 17.4. The summed E-state index contributed by atoms with van der Waals surface area (Å²) in [5.74, 6) is 4.43. The molecule has 5 aliphatic rings. The third kappa shape index (κ3) is 2.03. The van der Waals surface area contributed by atoms with E-state index in [0.29, 0.717) is 23.5 Å². The van der Waals surface area contributed by atoms with Gasteiger partial charge in [-0.05, 0) is 97.6 Å². The second kappa shape index (κ2) is 5.55. The van der Waals surface area contributed by atoms with Crippen molar-refractivity contribution >= 4 is 21.7 Å². The Hall–Kier alpha value is -0.410. The van der Waals surface area contributed by atoms with Crippen molar-refractivity contribution in [1.29, 1.82) is 0 Å². The molecule has 0 aromatic rings. The predicted molar refractivity (Wildman–Crippen MR) is 102 cm³/mol. The molecule has 0 radical (unpaired) electrons. The maximum atomic E-state index is 11.9. The summed E-state index contributed by atoms with van der Waals surface area (Å²) in [5.41, 5.74) is 0.935. The fraction of sp³-hybridized carbons (Fsp3) is 0.773. The van der Waals surface area contributed by atoms with Crippen LogP contribution in [0.5, 0.6) is 0 Å². The molecule has 0 heterocycles. The molecule has 1 N–H and O–H groups in total. The van der Waals surface area contributed by atoms with Crippen LogP contribution in [0.1, 0.15) is 58.3 Å². The van der Waals surface area contributed by atoms with Crippen LogP contribution in [0.3, 0.4) is 0 Å². The topological polar surface area (TPSA) is 37.3 Å². The lowest BCUT2D eigenvalue weighted by atomic mass is 9.48. The second-order valence-corrected chi connectivity index (χ2v) is 9.92. The van der Waals surface area contributed by atoms with Gasteiger partial charge < -0.3 is 5.11 Å². The molecule has 0 bridgehead atoms. The Labute approximate surface area is 159 Å². The van der Waals surface area contributed by atoms with E-state index in [9.17, 15) is 9.90 Å². The maximum Gasteiger partial charge on any atom is 0.155 e. The molecule has 8 atom stereocenters. The molecule has 4 fully saturated rings. The van der Waals surface area contributed by atoms with Crippen molar-refractivity contribution in [3.05, 3.63) is 22.7 Å². The largest absolute Gasteiger partial charge is 0.385 e. The Balaban J connectivity index is 1.52. The summed E-state index contributed by atoms with van der Waals surface area (Å²) in [4.78, 5) is 13.8. The molecule has 0 aromatic carbocycles. The number of ketones is 1. The van der Waals surface area contributed by atoms with E-state index in [1.807, 2.05) is 11.1 Å². The third-order valence-electron chi connectivity index (χ3n) is 8.99. The van der Waals surface area contributed by atoms with Crippen molar-refractivity contribution in [3.63, 3.8) is 0 Å². The third-order valence-corrected chi connectivity index (χ3v) is 9.26. The summed E-state index contributed by atoms with van der Waals surface area (Å²) in [6.07, 6.45) is 13.0. The Bertz CT molecular complexity index is 667. The van der Waals surface area contributed by atoms with Gasteiger partial charge in [-0.25, -0.2) is 0 Å². The Morgan fingerprint density at radius 3 is 2.84 bits per heavy atom. The van der Waals surface area contributed by atoms with E-state index in [2.05, 4.69) is 28.9 Å². The van der Waals surface area contributed by atoms with Gasteiger partial charge in [0.25, 0.3) is 0 Å². The molecule has 0 spiro atoms. The van der Waals surface area contributed by atoms with E-state index in [0.717, 1.165) is 49.9 Å². The van der Waals surface area contributed by atoms with Crippen LogP contribution >= 0.6 is 15.9 Å². The van der Waals surface area contributed by atoms with Crippen LogP contribution in [0.15, 0.2) is 22.7 Å². The van der Waals surface area contributed by atoms with Gasteiger partial charge in [-0.3, -0.25) is 4.79 Å². The molecule has 4 saturated carbocycles. The molecule has 0 amide bonds. The lowest BCUT2D eigenvalue weighted by Crippen LogP contribution is -2.55. The normalized spacial score (nSPS) is 53.7. The quantitative estimate of drug-likeness (QED) is 0.701. The highest BCUT2D eigenvalue weighted by molar-refractivity contribution is 9.11. The van der Waals surface area contributed by atoms with Gasteiger partial charge >= 0.3 is 0 Å². The van der Waals surface area contributed by atoms with E-state index in [4.69, 9.17) is 0 Å². The molecule has 25 heavy (non-hydrogen) atoms. The zero-order valence-corrected chi connectivity index (χ0v) is 16.7. The average Bonchev–Trinajstić information content (AvgIpc) is 3.37. The van der Waals surface area contributed by atoms with Crippen LogP contribution < -0.4 is 0 Å². The highest BCUT2D eigenvalue weighted by Crippen LogP contribution is 2.77. The van der Waals surface area contributed by atoms with Gasteiger partial charge in [-0.15, -0.1) is 0 Å². The summed E-state index contributed by atoms with van der Waals surface area (Å²) < 4.78 is 0. The standard InChI is InChI=1S/C22H29BrO2/c1-2-21-8-7-16-15-6-4-14(24)11-13(15)3-5-17(16)20(21)18-12-19(18)22(21,25)9-10-23/h9-11,15-20,25H,2-8,12H2,1H3/b10-9-/t15-,16+,17+,18+,19-,20+,21-,22-/m0/s1. The SMILES string of the molecule is CC[C@]12CC[C@H]3[C@@H](CCC4=CC(=O)CC[C@@H]43)[C@@H]1[C@@H]1C[C@@H]1[C@@]2(O)/C=C\Br. The number of aliphatic hydroxyl groups is 1. The van der Waals surface area contributed by atoms with Gasteiger partial charge in [0, 0.05) is 11.8 Å². The van der Waals surface area contributed by atoms with Crippen molar-refractivity contribution in [3.8, 4) is 0 Å². The van der Waals surface area contributed by atoms with Crippen molar-refractivity contribution in [2.24, 2.45) is 40.9 Å². The highest BCUT2D eigenvalue weighted by Gasteiger charge is 2.75. The summed E-state index contributed by atoms with van der Waals surface area (Å²) in [5, 5.41) is 11.7. The zero-order valence-electron chi connectivity index (χ0n) is 15.1. The van der Waals surface area contributed by atoms with Crippen LogP contribution in [0.2, 0.25) is 0 Å². The molecule has 2 nitrogen and oxygen atoms in total. The van der Waals surface area contributed by atoms with Gasteiger partial charge in [-0.1, -0.05) is 28.4 Å². The van der Waals surface area contributed by atoms with Gasteiger partial charge in [0.05, 0.1) is 5.60 Å². The predicted octanol–water partition coefficient (Wildman–Crippen LogP) is 5.01. The molecule has 0 aliphatic heterocycles. The summed E-state index contributed by atoms with van der Waals surface area (Å²) in [7, 11) is 0. The van der Waals surface area contributed by atoms with Crippen molar-refractivity contribution < 1.29 is 9.90 Å². The number of rotatable bonds is 2. The Morgan fingerprint density at radius 2 is 2.08 bits per heavy atom. The monoisotopic (exact) mass is 404 g/mol. The number of carbonyl (C=O) groups excluding carboxylic acids is 1. The minimum atomic E-state index is -0.607. The molecule has 5 rings (SSSR count). The Morgan fingerprint density at radius 1 is 1.24 bits per heavy atom. The first-order valence-corrected chi connectivity index (χ1v) is 11.2. The van der Waals surface area contributed by atoms with Crippen LogP contribution in [-0.2, 0) is 4.79 Å². The van der Waals surface area contributed by atoms with Crippen molar-refractivity contribution in [1.82, 2.24) is 0 Å². The van der Waals surface area contributed by atoms with E-state index < -0.39 is 5.60 Å². The molecular formula is C22H29BrO2. The van der Waals surface area contributed by atoms with Gasteiger partial charge in [0.1, 0.15) is 0 Å².